The topological polar surface area (TPSA) is 69.0 Å². The molecule has 0 aliphatic carbocycles. The van der Waals surface area contributed by atoms with Gasteiger partial charge in [-0.25, -0.2) is 4.98 Å². The van der Waals surface area contributed by atoms with Gasteiger partial charge in [0.1, 0.15) is 16.5 Å². The van der Waals surface area contributed by atoms with Crippen LogP contribution in [0.25, 0.3) is 10.6 Å². The van der Waals surface area contributed by atoms with Crippen molar-refractivity contribution < 1.29 is 9.53 Å². The van der Waals surface area contributed by atoms with E-state index >= 15 is 0 Å². The number of anilines is 1. The third-order valence-electron chi connectivity index (χ3n) is 3.03. The van der Waals surface area contributed by atoms with Crippen molar-refractivity contribution in [2.75, 3.05) is 12.4 Å². The third kappa shape index (κ3) is 2.99. The molecule has 6 nitrogen and oxygen atoms in total. The second kappa shape index (κ2) is 5.98. The first kappa shape index (κ1) is 14.3. The number of ether oxygens (including phenoxy) is 1. The van der Waals surface area contributed by atoms with Crippen molar-refractivity contribution in [3.05, 3.63) is 47.6 Å². The summed E-state index contributed by atoms with van der Waals surface area (Å²) in [7, 11) is 3.42. The molecule has 0 atom stereocenters. The molecule has 3 rings (SSSR count). The minimum Gasteiger partial charge on any atom is -0.497 e. The standard InChI is InChI=1S/C15H14N4O2S/c1-19-8-7-13(18-19)17-14(20)12-9-22-15(16-12)10-3-5-11(21-2)6-4-10/h3-9H,1-2H3,(H,17,18,20). The van der Waals surface area contributed by atoms with Gasteiger partial charge in [-0.05, 0) is 24.3 Å². The molecule has 0 saturated carbocycles. The first-order valence-electron chi connectivity index (χ1n) is 6.56. The van der Waals surface area contributed by atoms with E-state index < -0.39 is 0 Å². The highest BCUT2D eigenvalue weighted by molar-refractivity contribution is 7.13. The zero-order valence-electron chi connectivity index (χ0n) is 12.1. The predicted molar refractivity (Wildman–Crippen MR) is 85.3 cm³/mol. The lowest BCUT2D eigenvalue weighted by atomic mass is 10.2. The molecule has 0 saturated heterocycles. The summed E-state index contributed by atoms with van der Waals surface area (Å²) in [4.78, 5) is 16.5. The number of hydrogen-bond acceptors (Lipinski definition) is 5. The molecule has 0 bridgehead atoms. The number of methoxy groups -OCH3 is 1. The Labute approximate surface area is 131 Å². The molecule has 0 spiro atoms. The van der Waals surface area contributed by atoms with Crippen LogP contribution in [-0.2, 0) is 7.05 Å². The average Bonchev–Trinajstić information content (AvgIpc) is 3.17. The van der Waals surface area contributed by atoms with Gasteiger partial charge in [0, 0.05) is 30.3 Å². The lowest BCUT2D eigenvalue weighted by Crippen LogP contribution is -2.12. The first-order chi connectivity index (χ1) is 10.7. The zero-order valence-corrected chi connectivity index (χ0v) is 12.9. The number of aromatic nitrogens is 3. The monoisotopic (exact) mass is 314 g/mol. The normalized spacial score (nSPS) is 10.5. The number of nitrogens with zero attached hydrogens (tertiary/aromatic N) is 3. The average molecular weight is 314 g/mol. The van der Waals surface area contributed by atoms with Gasteiger partial charge in [-0.2, -0.15) is 5.10 Å². The van der Waals surface area contributed by atoms with Crippen molar-refractivity contribution in [1.29, 1.82) is 0 Å². The Morgan fingerprint density at radius 3 is 2.68 bits per heavy atom. The Bertz CT molecular complexity index is 792. The molecule has 2 heterocycles. The molecule has 1 aromatic carbocycles. The van der Waals surface area contributed by atoms with Crippen LogP contribution in [-0.4, -0.2) is 27.8 Å². The van der Waals surface area contributed by atoms with Crippen LogP contribution in [0.4, 0.5) is 5.82 Å². The highest BCUT2D eigenvalue weighted by Gasteiger charge is 2.13. The lowest BCUT2D eigenvalue weighted by molar-refractivity contribution is 0.102. The number of nitrogens with one attached hydrogen (secondary N) is 1. The van der Waals surface area contributed by atoms with E-state index in [2.05, 4.69) is 15.4 Å². The summed E-state index contributed by atoms with van der Waals surface area (Å²) in [6.07, 6.45) is 1.76. The Kier molecular flexibility index (Phi) is 3.88. The van der Waals surface area contributed by atoms with Crippen molar-refractivity contribution in [1.82, 2.24) is 14.8 Å². The van der Waals surface area contributed by atoms with Gasteiger partial charge in [-0.3, -0.25) is 9.48 Å². The van der Waals surface area contributed by atoms with E-state index in [0.29, 0.717) is 11.5 Å². The fraction of sp³-hybridized carbons (Fsp3) is 0.133. The number of aryl methyl sites for hydroxylation is 1. The summed E-state index contributed by atoms with van der Waals surface area (Å²) in [6.45, 7) is 0. The summed E-state index contributed by atoms with van der Waals surface area (Å²) in [6, 6.07) is 9.29. The Morgan fingerprint density at radius 1 is 1.27 bits per heavy atom. The van der Waals surface area contributed by atoms with Gasteiger partial charge in [0.2, 0.25) is 0 Å². The van der Waals surface area contributed by atoms with Crippen LogP contribution in [0, 0.1) is 0 Å². The molecule has 0 fully saturated rings. The van der Waals surface area contributed by atoms with E-state index in [4.69, 9.17) is 4.74 Å². The third-order valence-corrected chi connectivity index (χ3v) is 3.92. The van der Waals surface area contributed by atoms with E-state index in [1.54, 1.807) is 36.5 Å². The Hall–Kier alpha value is -2.67. The van der Waals surface area contributed by atoms with Crippen LogP contribution < -0.4 is 10.1 Å². The fourth-order valence-corrected chi connectivity index (χ4v) is 2.71. The summed E-state index contributed by atoms with van der Waals surface area (Å²) in [5.41, 5.74) is 1.32. The predicted octanol–water partition coefficient (Wildman–Crippen LogP) is 2.80. The van der Waals surface area contributed by atoms with Gasteiger partial charge >= 0.3 is 0 Å². The zero-order chi connectivity index (χ0) is 15.5. The number of amides is 1. The molecule has 3 aromatic rings. The fourth-order valence-electron chi connectivity index (χ4n) is 1.91. The van der Waals surface area contributed by atoms with E-state index in [1.165, 1.54) is 11.3 Å². The number of benzene rings is 1. The van der Waals surface area contributed by atoms with E-state index in [1.807, 2.05) is 24.3 Å². The van der Waals surface area contributed by atoms with Gasteiger partial charge in [-0.1, -0.05) is 0 Å². The number of carbonyl (C=O) groups is 1. The van der Waals surface area contributed by atoms with Crippen LogP contribution in [0.3, 0.4) is 0 Å². The van der Waals surface area contributed by atoms with Crippen molar-refractivity contribution in [3.8, 4) is 16.3 Å². The van der Waals surface area contributed by atoms with E-state index in [-0.39, 0.29) is 5.91 Å². The van der Waals surface area contributed by atoms with E-state index in [0.717, 1.165) is 16.3 Å². The quantitative estimate of drug-likeness (QED) is 0.804. The molecular formula is C15H14N4O2S. The van der Waals surface area contributed by atoms with Crippen LogP contribution in [0.15, 0.2) is 41.9 Å². The SMILES string of the molecule is COc1ccc(-c2nc(C(=O)Nc3ccn(C)n3)cs2)cc1. The Morgan fingerprint density at radius 2 is 2.05 bits per heavy atom. The molecule has 1 N–H and O–H groups in total. The molecule has 1 amide bonds. The van der Waals surface area contributed by atoms with Crippen LogP contribution in [0.2, 0.25) is 0 Å². The van der Waals surface area contributed by atoms with Crippen molar-refractivity contribution in [2.24, 2.45) is 7.05 Å². The van der Waals surface area contributed by atoms with E-state index in [9.17, 15) is 4.79 Å². The summed E-state index contributed by atoms with van der Waals surface area (Å²) < 4.78 is 6.75. The van der Waals surface area contributed by atoms with Crippen LogP contribution >= 0.6 is 11.3 Å². The second-order valence-electron chi connectivity index (χ2n) is 4.60. The second-order valence-corrected chi connectivity index (χ2v) is 5.45. The molecule has 7 heteroatoms. The number of rotatable bonds is 4. The molecule has 0 aliphatic heterocycles. The highest BCUT2D eigenvalue weighted by atomic mass is 32.1. The molecule has 0 aliphatic rings. The van der Waals surface area contributed by atoms with Crippen molar-refractivity contribution in [3.63, 3.8) is 0 Å². The summed E-state index contributed by atoms with van der Waals surface area (Å²) in [5.74, 6) is 1.02. The number of hydrogen-bond donors (Lipinski definition) is 1. The number of carbonyl (C=O) groups excluding carboxylic acids is 1. The molecule has 0 radical (unpaired) electrons. The molecule has 112 valence electrons. The minimum absolute atomic E-state index is 0.269. The lowest BCUT2D eigenvalue weighted by Gasteiger charge is -2.00. The van der Waals surface area contributed by atoms with Gasteiger partial charge < -0.3 is 10.1 Å². The smallest absolute Gasteiger partial charge is 0.276 e. The van der Waals surface area contributed by atoms with Gasteiger partial charge in [0.05, 0.1) is 7.11 Å². The molecular weight excluding hydrogens is 300 g/mol. The highest BCUT2D eigenvalue weighted by Crippen LogP contribution is 2.25. The molecule has 2 aromatic heterocycles. The largest absolute Gasteiger partial charge is 0.497 e. The van der Waals surface area contributed by atoms with Crippen molar-refractivity contribution in [2.45, 2.75) is 0 Å². The van der Waals surface area contributed by atoms with Gasteiger partial charge in [0.15, 0.2) is 5.82 Å². The van der Waals surface area contributed by atoms with Crippen molar-refractivity contribution >= 4 is 23.1 Å². The molecule has 22 heavy (non-hydrogen) atoms. The van der Waals surface area contributed by atoms with Gasteiger partial charge in [-0.15, -0.1) is 11.3 Å². The van der Waals surface area contributed by atoms with Crippen LogP contribution in [0.1, 0.15) is 10.5 Å². The maximum atomic E-state index is 12.1. The Balaban J connectivity index is 1.76. The number of thiazole rings is 1. The molecule has 0 unspecified atom stereocenters. The summed E-state index contributed by atoms with van der Waals surface area (Å²) >= 11 is 1.42. The maximum absolute atomic E-state index is 12.1. The summed E-state index contributed by atoms with van der Waals surface area (Å²) in [5, 5.41) is 9.34. The minimum atomic E-state index is -0.269. The van der Waals surface area contributed by atoms with Gasteiger partial charge in [0.25, 0.3) is 5.91 Å². The first-order valence-corrected chi connectivity index (χ1v) is 7.44. The van der Waals surface area contributed by atoms with Crippen LogP contribution in [0.5, 0.6) is 5.75 Å². The maximum Gasteiger partial charge on any atom is 0.276 e.